The Morgan fingerprint density at radius 1 is 1.19 bits per heavy atom. The minimum absolute atomic E-state index is 0. The molecule has 7 heteroatoms. The number of nitrogens with one attached hydrogen (secondary N) is 2. The number of nitrogens with zero attached hydrogens (tertiary/aromatic N) is 2. The summed E-state index contributed by atoms with van der Waals surface area (Å²) in [5.41, 5.74) is 1.04. The van der Waals surface area contributed by atoms with Crippen LogP contribution in [0, 0.1) is 0 Å². The fourth-order valence-electron chi connectivity index (χ4n) is 2.84. The molecule has 1 aromatic carbocycles. The van der Waals surface area contributed by atoms with Crippen molar-refractivity contribution in [3.05, 3.63) is 23.8 Å². The van der Waals surface area contributed by atoms with Gasteiger partial charge < -0.3 is 20.1 Å². The van der Waals surface area contributed by atoms with Gasteiger partial charge in [0.2, 0.25) is 0 Å². The average molecular weight is 476 g/mol. The molecular formula is C19H33IN4O2. The highest BCUT2D eigenvalue weighted by atomic mass is 127. The molecule has 148 valence electrons. The molecule has 0 aliphatic heterocycles. The number of guanidine groups is 1. The monoisotopic (exact) mass is 476 g/mol. The van der Waals surface area contributed by atoms with E-state index in [1.54, 1.807) is 14.2 Å². The van der Waals surface area contributed by atoms with Gasteiger partial charge in [0.1, 0.15) is 11.5 Å². The summed E-state index contributed by atoms with van der Waals surface area (Å²) in [6.07, 6.45) is 2.69. The fraction of sp³-hybridized carbons (Fsp3) is 0.632. The van der Waals surface area contributed by atoms with Gasteiger partial charge in [-0.05, 0) is 38.4 Å². The van der Waals surface area contributed by atoms with Crippen molar-refractivity contribution in [2.45, 2.75) is 39.3 Å². The molecule has 1 aromatic rings. The third-order valence-electron chi connectivity index (χ3n) is 4.41. The van der Waals surface area contributed by atoms with Gasteiger partial charge in [-0.1, -0.05) is 6.92 Å². The van der Waals surface area contributed by atoms with E-state index in [2.05, 4.69) is 34.4 Å². The van der Waals surface area contributed by atoms with Gasteiger partial charge in [-0.15, -0.1) is 24.0 Å². The summed E-state index contributed by atoms with van der Waals surface area (Å²) in [5.74, 6) is 2.42. The Kier molecular flexibility index (Phi) is 10.7. The Balaban J connectivity index is 0.00000338. The molecular weight excluding hydrogens is 443 g/mol. The SMILES string of the molecule is CCNC(=NCc1ccc(OC)cc1OC)NCCN(CC)C1CC1.I. The molecule has 26 heavy (non-hydrogen) atoms. The van der Waals surface area contributed by atoms with Crippen molar-refractivity contribution in [2.24, 2.45) is 4.99 Å². The molecule has 2 N–H and O–H groups in total. The zero-order valence-electron chi connectivity index (χ0n) is 16.4. The highest BCUT2D eigenvalue weighted by Gasteiger charge is 2.27. The first-order valence-electron chi connectivity index (χ1n) is 9.18. The van der Waals surface area contributed by atoms with Crippen molar-refractivity contribution in [3.63, 3.8) is 0 Å². The standard InChI is InChI=1S/C19H32N4O2.HI/c1-5-20-19(21-11-12-23(6-2)16-8-9-16)22-14-15-7-10-17(24-3)13-18(15)25-4;/h7,10,13,16H,5-6,8-9,11-12,14H2,1-4H3,(H2,20,21,22);1H. The van der Waals surface area contributed by atoms with Crippen LogP contribution >= 0.6 is 24.0 Å². The second kappa shape index (κ2) is 12.2. The van der Waals surface area contributed by atoms with E-state index in [-0.39, 0.29) is 24.0 Å². The molecule has 0 bridgehead atoms. The third kappa shape index (κ3) is 7.19. The minimum Gasteiger partial charge on any atom is -0.497 e. The molecule has 0 amide bonds. The van der Waals surface area contributed by atoms with Crippen LogP contribution in [0.3, 0.4) is 0 Å². The summed E-state index contributed by atoms with van der Waals surface area (Å²) in [4.78, 5) is 7.22. The second-order valence-electron chi connectivity index (χ2n) is 6.16. The van der Waals surface area contributed by atoms with Crippen molar-refractivity contribution in [1.82, 2.24) is 15.5 Å². The predicted molar refractivity (Wildman–Crippen MR) is 118 cm³/mol. The van der Waals surface area contributed by atoms with Gasteiger partial charge in [-0.2, -0.15) is 0 Å². The molecule has 6 nitrogen and oxygen atoms in total. The maximum absolute atomic E-state index is 5.44. The lowest BCUT2D eigenvalue weighted by atomic mass is 10.2. The molecule has 0 aromatic heterocycles. The van der Waals surface area contributed by atoms with Crippen LogP contribution in [-0.2, 0) is 6.54 Å². The topological polar surface area (TPSA) is 58.1 Å². The van der Waals surface area contributed by atoms with Crippen LogP contribution in [0.1, 0.15) is 32.3 Å². The first-order chi connectivity index (χ1) is 12.2. The normalized spacial score (nSPS) is 14.0. The molecule has 1 aliphatic carbocycles. The Labute approximate surface area is 174 Å². The quantitative estimate of drug-likeness (QED) is 0.309. The van der Waals surface area contributed by atoms with Crippen LogP contribution < -0.4 is 20.1 Å². The fourth-order valence-corrected chi connectivity index (χ4v) is 2.84. The summed E-state index contributed by atoms with van der Waals surface area (Å²) < 4.78 is 10.7. The number of ether oxygens (including phenoxy) is 2. The molecule has 1 aliphatic rings. The Morgan fingerprint density at radius 2 is 1.96 bits per heavy atom. The summed E-state index contributed by atoms with van der Waals surface area (Å²) in [5, 5.41) is 6.73. The van der Waals surface area contributed by atoms with E-state index in [1.165, 1.54) is 12.8 Å². The minimum atomic E-state index is 0. The van der Waals surface area contributed by atoms with Crippen molar-refractivity contribution in [1.29, 1.82) is 0 Å². The number of aliphatic imine (C=N–C) groups is 1. The number of benzene rings is 1. The van der Waals surface area contributed by atoms with Gasteiger partial charge in [0.05, 0.1) is 20.8 Å². The van der Waals surface area contributed by atoms with Crippen LogP contribution in [-0.4, -0.2) is 57.3 Å². The Hall–Kier alpha value is -1.22. The smallest absolute Gasteiger partial charge is 0.191 e. The molecule has 0 unspecified atom stereocenters. The number of rotatable bonds is 10. The van der Waals surface area contributed by atoms with E-state index >= 15 is 0 Å². The Morgan fingerprint density at radius 3 is 2.54 bits per heavy atom. The molecule has 0 spiro atoms. The van der Waals surface area contributed by atoms with E-state index in [0.29, 0.717) is 6.54 Å². The summed E-state index contributed by atoms with van der Waals surface area (Å²) >= 11 is 0. The van der Waals surface area contributed by atoms with E-state index < -0.39 is 0 Å². The number of hydrogen-bond donors (Lipinski definition) is 2. The van der Waals surface area contributed by atoms with E-state index in [9.17, 15) is 0 Å². The van der Waals surface area contributed by atoms with Gasteiger partial charge in [0.25, 0.3) is 0 Å². The predicted octanol–water partition coefficient (Wildman–Crippen LogP) is 2.86. The number of halogens is 1. The van der Waals surface area contributed by atoms with E-state index in [0.717, 1.165) is 55.2 Å². The summed E-state index contributed by atoms with van der Waals surface area (Å²) in [7, 11) is 3.32. The Bertz CT molecular complexity index is 564. The van der Waals surface area contributed by atoms with Gasteiger partial charge in [-0.3, -0.25) is 4.90 Å². The largest absolute Gasteiger partial charge is 0.497 e. The first-order valence-corrected chi connectivity index (χ1v) is 9.18. The number of methoxy groups -OCH3 is 2. The average Bonchev–Trinajstić information content (AvgIpc) is 3.48. The van der Waals surface area contributed by atoms with Gasteiger partial charge in [0.15, 0.2) is 5.96 Å². The lowest BCUT2D eigenvalue weighted by Crippen LogP contribution is -2.42. The van der Waals surface area contributed by atoms with Crippen LogP contribution in [0.2, 0.25) is 0 Å². The van der Waals surface area contributed by atoms with Crippen molar-refractivity contribution >= 4 is 29.9 Å². The van der Waals surface area contributed by atoms with Crippen molar-refractivity contribution in [2.75, 3.05) is 40.4 Å². The molecule has 1 fully saturated rings. The molecule has 1 saturated carbocycles. The highest BCUT2D eigenvalue weighted by Crippen LogP contribution is 2.26. The van der Waals surface area contributed by atoms with Crippen LogP contribution in [0.4, 0.5) is 0 Å². The lowest BCUT2D eigenvalue weighted by Gasteiger charge is -2.20. The van der Waals surface area contributed by atoms with Gasteiger partial charge >= 0.3 is 0 Å². The lowest BCUT2D eigenvalue weighted by molar-refractivity contribution is 0.282. The van der Waals surface area contributed by atoms with Crippen LogP contribution in [0.25, 0.3) is 0 Å². The van der Waals surface area contributed by atoms with Crippen LogP contribution in [0.5, 0.6) is 11.5 Å². The molecule has 0 saturated heterocycles. The van der Waals surface area contributed by atoms with E-state index in [4.69, 9.17) is 9.47 Å². The van der Waals surface area contributed by atoms with Gasteiger partial charge in [0, 0.05) is 37.3 Å². The molecule has 0 atom stereocenters. The molecule has 0 radical (unpaired) electrons. The summed E-state index contributed by atoms with van der Waals surface area (Å²) in [6, 6.07) is 6.62. The van der Waals surface area contributed by atoms with E-state index in [1.807, 2.05) is 18.2 Å². The summed E-state index contributed by atoms with van der Waals surface area (Å²) in [6.45, 7) is 8.77. The maximum Gasteiger partial charge on any atom is 0.191 e. The maximum atomic E-state index is 5.44. The highest BCUT2D eigenvalue weighted by molar-refractivity contribution is 14.0. The first kappa shape index (κ1) is 22.8. The molecule has 0 heterocycles. The second-order valence-corrected chi connectivity index (χ2v) is 6.16. The van der Waals surface area contributed by atoms with Gasteiger partial charge in [-0.25, -0.2) is 4.99 Å². The third-order valence-corrected chi connectivity index (χ3v) is 4.41. The van der Waals surface area contributed by atoms with Crippen molar-refractivity contribution in [3.8, 4) is 11.5 Å². The van der Waals surface area contributed by atoms with Crippen molar-refractivity contribution < 1.29 is 9.47 Å². The molecule has 2 rings (SSSR count). The number of hydrogen-bond acceptors (Lipinski definition) is 4. The number of likely N-dealkylation sites (N-methyl/N-ethyl adjacent to an activating group) is 1. The van der Waals surface area contributed by atoms with Crippen LogP contribution in [0.15, 0.2) is 23.2 Å². The zero-order valence-corrected chi connectivity index (χ0v) is 18.7. The zero-order chi connectivity index (χ0) is 18.1.